The van der Waals surface area contributed by atoms with Gasteiger partial charge in [-0.3, -0.25) is 9.59 Å². The number of aromatic nitrogens is 2. The quantitative estimate of drug-likeness (QED) is 0.837. The maximum atomic E-state index is 12.8. The van der Waals surface area contributed by atoms with E-state index in [0.29, 0.717) is 11.4 Å². The van der Waals surface area contributed by atoms with Gasteiger partial charge in [0.05, 0.1) is 11.6 Å². The number of alkyl halides is 3. The Morgan fingerprint density at radius 3 is 2.37 bits per heavy atom. The van der Waals surface area contributed by atoms with Crippen molar-refractivity contribution >= 4 is 5.91 Å². The zero-order chi connectivity index (χ0) is 19.2. The Kier molecular flexibility index (Phi) is 4.28. The van der Waals surface area contributed by atoms with Crippen molar-refractivity contribution < 1.29 is 18.0 Å². The summed E-state index contributed by atoms with van der Waals surface area (Å²) in [5.41, 5.74) is -0.448. The molecule has 1 heterocycles. The molecule has 0 bridgehead atoms. The van der Waals surface area contributed by atoms with Crippen molar-refractivity contribution in [1.29, 1.82) is 0 Å². The lowest BCUT2D eigenvalue weighted by Gasteiger charge is -2.19. The van der Waals surface area contributed by atoms with Crippen LogP contribution in [0.2, 0.25) is 0 Å². The van der Waals surface area contributed by atoms with Gasteiger partial charge in [-0.15, -0.1) is 0 Å². The average Bonchev–Trinajstić information content (AvgIpc) is 3.51. The standard InChI is InChI=1S/C19H18F3N3O2/c20-19(21,22)13-7-5-11(6-8-13)16(10-1-2-10)25-18(27)14-9-15(26)24-17(23-14)12-3-4-12/h5-10,12,16H,1-4H2,(H,25,27)(H,23,24,26). The second-order valence-electron chi connectivity index (χ2n) is 7.20. The van der Waals surface area contributed by atoms with Gasteiger partial charge in [0.1, 0.15) is 11.5 Å². The Morgan fingerprint density at radius 2 is 1.81 bits per heavy atom. The Labute approximate surface area is 153 Å². The Balaban J connectivity index is 1.55. The van der Waals surface area contributed by atoms with Crippen molar-refractivity contribution in [3.63, 3.8) is 0 Å². The zero-order valence-electron chi connectivity index (χ0n) is 14.3. The molecule has 8 heteroatoms. The summed E-state index contributed by atoms with van der Waals surface area (Å²) in [7, 11) is 0. The molecule has 2 N–H and O–H groups in total. The molecule has 1 atom stereocenters. The molecule has 1 aromatic carbocycles. The third-order valence-corrected chi connectivity index (χ3v) is 4.93. The molecule has 4 rings (SSSR count). The first-order valence-electron chi connectivity index (χ1n) is 8.90. The molecule has 5 nitrogen and oxygen atoms in total. The van der Waals surface area contributed by atoms with E-state index >= 15 is 0 Å². The SMILES string of the molecule is O=C(NC(c1ccc(C(F)(F)F)cc1)C1CC1)c1cc(=O)[nH]c(C2CC2)n1. The number of amides is 1. The highest BCUT2D eigenvalue weighted by atomic mass is 19.4. The lowest BCUT2D eigenvalue weighted by atomic mass is 10.0. The van der Waals surface area contributed by atoms with Crippen LogP contribution in [-0.4, -0.2) is 15.9 Å². The number of aromatic amines is 1. The van der Waals surface area contributed by atoms with Crippen LogP contribution in [0, 0.1) is 5.92 Å². The fourth-order valence-corrected chi connectivity index (χ4v) is 3.14. The van der Waals surface area contributed by atoms with Crippen LogP contribution >= 0.6 is 0 Å². The summed E-state index contributed by atoms with van der Waals surface area (Å²) in [6.07, 6.45) is -0.746. The van der Waals surface area contributed by atoms with E-state index in [1.807, 2.05) is 0 Å². The smallest absolute Gasteiger partial charge is 0.344 e. The van der Waals surface area contributed by atoms with Gasteiger partial charge >= 0.3 is 6.18 Å². The van der Waals surface area contributed by atoms with Crippen molar-refractivity contribution in [3.05, 3.63) is 63.3 Å². The highest BCUT2D eigenvalue weighted by Gasteiger charge is 2.35. The fraction of sp³-hybridized carbons (Fsp3) is 0.421. The lowest BCUT2D eigenvalue weighted by Crippen LogP contribution is -2.32. The van der Waals surface area contributed by atoms with Crippen LogP contribution in [0.15, 0.2) is 35.1 Å². The highest BCUT2D eigenvalue weighted by Crippen LogP contribution is 2.42. The minimum absolute atomic E-state index is 0.0400. The molecule has 142 valence electrons. The third kappa shape index (κ3) is 4.04. The molecule has 0 aliphatic heterocycles. The fourth-order valence-electron chi connectivity index (χ4n) is 3.14. The van der Waals surface area contributed by atoms with Gasteiger partial charge < -0.3 is 10.3 Å². The molecular weight excluding hydrogens is 359 g/mol. The predicted octanol–water partition coefficient (Wildman–Crippen LogP) is 3.55. The lowest BCUT2D eigenvalue weighted by molar-refractivity contribution is -0.137. The first kappa shape index (κ1) is 17.8. The van der Waals surface area contributed by atoms with Crippen LogP contribution in [0.4, 0.5) is 13.2 Å². The molecule has 2 fully saturated rings. The molecule has 0 saturated heterocycles. The summed E-state index contributed by atoms with van der Waals surface area (Å²) in [4.78, 5) is 31.3. The number of hydrogen-bond acceptors (Lipinski definition) is 3. The van der Waals surface area contributed by atoms with Crippen molar-refractivity contribution in [2.24, 2.45) is 5.92 Å². The summed E-state index contributed by atoms with van der Waals surface area (Å²) >= 11 is 0. The maximum Gasteiger partial charge on any atom is 0.416 e. The van der Waals surface area contributed by atoms with Crippen LogP contribution in [0.5, 0.6) is 0 Å². The first-order chi connectivity index (χ1) is 12.8. The molecule has 2 aliphatic rings. The van der Waals surface area contributed by atoms with E-state index in [-0.39, 0.29) is 23.1 Å². The van der Waals surface area contributed by atoms with E-state index in [1.165, 1.54) is 12.1 Å². The molecule has 2 aliphatic carbocycles. The predicted molar refractivity (Wildman–Crippen MR) is 91.2 cm³/mol. The van der Waals surface area contributed by atoms with E-state index in [1.54, 1.807) is 0 Å². The molecule has 1 amide bonds. The Bertz CT molecular complexity index is 913. The molecular formula is C19H18F3N3O2. The van der Waals surface area contributed by atoms with Gasteiger partial charge in [0.2, 0.25) is 0 Å². The van der Waals surface area contributed by atoms with Gasteiger partial charge in [-0.2, -0.15) is 13.2 Å². The summed E-state index contributed by atoms with van der Waals surface area (Å²) in [6.45, 7) is 0. The number of carbonyl (C=O) groups is 1. The van der Waals surface area contributed by atoms with Crippen molar-refractivity contribution in [1.82, 2.24) is 15.3 Å². The molecule has 2 saturated carbocycles. The average molecular weight is 377 g/mol. The van der Waals surface area contributed by atoms with E-state index in [0.717, 1.165) is 43.9 Å². The topological polar surface area (TPSA) is 74.8 Å². The minimum Gasteiger partial charge on any atom is -0.344 e. The summed E-state index contributed by atoms with van der Waals surface area (Å²) in [5, 5.41) is 2.85. The van der Waals surface area contributed by atoms with Crippen LogP contribution in [0.3, 0.4) is 0 Å². The Morgan fingerprint density at radius 1 is 1.15 bits per heavy atom. The number of benzene rings is 1. The molecule has 1 unspecified atom stereocenters. The molecule has 0 radical (unpaired) electrons. The maximum absolute atomic E-state index is 12.8. The minimum atomic E-state index is -4.40. The largest absolute Gasteiger partial charge is 0.416 e. The number of nitrogens with zero attached hydrogens (tertiary/aromatic N) is 1. The van der Waals surface area contributed by atoms with Crippen LogP contribution in [0.25, 0.3) is 0 Å². The van der Waals surface area contributed by atoms with E-state index < -0.39 is 23.7 Å². The monoisotopic (exact) mass is 377 g/mol. The van der Waals surface area contributed by atoms with E-state index in [2.05, 4.69) is 15.3 Å². The number of nitrogens with one attached hydrogen (secondary N) is 2. The van der Waals surface area contributed by atoms with Crippen LogP contribution < -0.4 is 10.9 Å². The van der Waals surface area contributed by atoms with Gasteiger partial charge in [-0.25, -0.2) is 4.98 Å². The van der Waals surface area contributed by atoms with Gasteiger partial charge in [-0.1, -0.05) is 12.1 Å². The first-order valence-corrected chi connectivity index (χ1v) is 8.90. The van der Waals surface area contributed by atoms with Gasteiger partial charge in [0.15, 0.2) is 0 Å². The summed E-state index contributed by atoms with van der Waals surface area (Å²) in [5.74, 6) is 0.403. The molecule has 27 heavy (non-hydrogen) atoms. The second kappa shape index (κ2) is 6.51. The second-order valence-corrected chi connectivity index (χ2v) is 7.20. The summed E-state index contributed by atoms with van der Waals surface area (Å²) in [6, 6.07) is 5.59. The number of rotatable bonds is 5. The number of carbonyl (C=O) groups excluding carboxylic acids is 1. The van der Waals surface area contributed by atoms with Crippen molar-refractivity contribution in [2.75, 3.05) is 0 Å². The Hall–Kier alpha value is -2.64. The van der Waals surface area contributed by atoms with Crippen molar-refractivity contribution in [3.8, 4) is 0 Å². The highest BCUT2D eigenvalue weighted by molar-refractivity contribution is 5.92. The number of hydrogen-bond donors (Lipinski definition) is 2. The number of H-pyrrole nitrogens is 1. The zero-order valence-corrected chi connectivity index (χ0v) is 14.3. The molecule has 1 aromatic heterocycles. The van der Waals surface area contributed by atoms with Gasteiger partial charge in [0.25, 0.3) is 11.5 Å². The van der Waals surface area contributed by atoms with Crippen LogP contribution in [-0.2, 0) is 6.18 Å². The third-order valence-electron chi connectivity index (χ3n) is 4.93. The number of halogens is 3. The van der Waals surface area contributed by atoms with Gasteiger partial charge in [0, 0.05) is 12.0 Å². The van der Waals surface area contributed by atoms with Gasteiger partial charge in [-0.05, 0) is 49.3 Å². The summed E-state index contributed by atoms with van der Waals surface area (Å²) < 4.78 is 38.3. The molecule has 0 spiro atoms. The molecule has 2 aromatic rings. The van der Waals surface area contributed by atoms with E-state index in [4.69, 9.17) is 0 Å². The normalized spacial score (nSPS) is 18.2. The van der Waals surface area contributed by atoms with Crippen LogP contribution in [0.1, 0.15) is 65.1 Å². The van der Waals surface area contributed by atoms with E-state index in [9.17, 15) is 22.8 Å². The van der Waals surface area contributed by atoms with Crippen molar-refractivity contribution in [2.45, 2.75) is 43.8 Å².